The molecule has 1 saturated carbocycles. The van der Waals surface area contributed by atoms with Gasteiger partial charge in [-0.2, -0.15) is 0 Å². The molecule has 1 atom stereocenters. The highest BCUT2D eigenvalue weighted by Crippen LogP contribution is 2.36. The first-order chi connectivity index (χ1) is 15.5. The number of aromatic amines is 1. The molecule has 8 heteroatoms. The average Bonchev–Trinajstić information content (AvgIpc) is 3.48. The third-order valence-electron chi connectivity index (χ3n) is 6.59. The van der Waals surface area contributed by atoms with Gasteiger partial charge in [-0.1, -0.05) is 0 Å². The first kappa shape index (κ1) is 22.3. The highest BCUT2D eigenvalue weighted by Gasteiger charge is 2.27. The van der Waals surface area contributed by atoms with E-state index in [1.807, 2.05) is 24.3 Å². The third-order valence-corrected chi connectivity index (χ3v) is 6.59. The molecule has 1 aromatic carbocycles. The smallest absolute Gasteiger partial charge is 0.267 e. The number of nitrogens with zero attached hydrogens (tertiary/aromatic N) is 1. The molecular weight excluding hydrogens is 408 g/mol. The second-order valence-corrected chi connectivity index (χ2v) is 8.80. The van der Waals surface area contributed by atoms with Gasteiger partial charge < -0.3 is 25.5 Å². The van der Waals surface area contributed by atoms with E-state index in [-0.39, 0.29) is 17.9 Å². The number of primary amides is 1. The molecule has 0 unspecified atom stereocenters. The Labute approximate surface area is 188 Å². The molecule has 2 amide bonds. The van der Waals surface area contributed by atoms with Crippen LogP contribution in [-0.2, 0) is 9.53 Å². The summed E-state index contributed by atoms with van der Waals surface area (Å²) >= 11 is 0. The first-order valence-corrected chi connectivity index (χ1v) is 11.5. The number of imidazole rings is 1. The molecule has 0 radical (unpaired) electrons. The molecule has 1 aliphatic carbocycles. The lowest BCUT2D eigenvalue weighted by atomic mass is 9.81. The van der Waals surface area contributed by atoms with E-state index in [4.69, 9.17) is 20.2 Å². The van der Waals surface area contributed by atoms with E-state index in [9.17, 15) is 9.59 Å². The van der Waals surface area contributed by atoms with Crippen molar-refractivity contribution in [2.45, 2.75) is 57.0 Å². The number of H-pyrrole nitrogens is 1. The molecule has 1 aromatic heterocycles. The molecule has 0 spiro atoms. The van der Waals surface area contributed by atoms with E-state index in [0.717, 1.165) is 62.3 Å². The molecule has 172 valence electrons. The number of nitrogens with two attached hydrogens (primary N) is 1. The van der Waals surface area contributed by atoms with E-state index < -0.39 is 5.91 Å². The minimum atomic E-state index is -0.516. The Morgan fingerprint density at radius 1 is 1.19 bits per heavy atom. The summed E-state index contributed by atoms with van der Waals surface area (Å²) in [5.74, 6) is 1.83. The summed E-state index contributed by atoms with van der Waals surface area (Å²) in [6.07, 6.45) is 6.51. The van der Waals surface area contributed by atoms with Crippen LogP contribution < -0.4 is 15.8 Å². The summed E-state index contributed by atoms with van der Waals surface area (Å²) in [5.41, 5.74) is 7.36. The van der Waals surface area contributed by atoms with Crippen molar-refractivity contribution in [1.82, 2.24) is 15.3 Å². The van der Waals surface area contributed by atoms with Crippen molar-refractivity contribution in [3.63, 3.8) is 0 Å². The van der Waals surface area contributed by atoms with Gasteiger partial charge in [-0.25, -0.2) is 4.98 Å². The monoisotopic (exact) mass is 440 g/mol. The summed E-state index contributed by atoms with van der Waals surface area (Å²) < 4.78 is 10.7. The lowest BCUT2D eigenvalue weighted by molar-refractivity contribution is -0.123. The number of hydrogen-bond donors (Lipinski definition) is 3. The number of rotatable bonds is 8. The summed E-state index contributed by atoms with van der Waals surface area (Å²) in [4.78, 5) is 32.1. The number of aromatic nitrogens is 2. The fourth-order valence-electron chi connectivity index (χ4n) is 4.70. The van der Waals surface area contributed by atoms with Gasteiger partial charge in [0, 0.05) is 24.6 Å². The van der Waals surface area contributed by atoms with Gasteiger partial charge in [0.25, 0.3) is 5.91 Å². The Morgan fingerprint density at radius 2 is 1.94 bits per heavy atom. The topological polar surface area (TPSA) is 119 Å². The first-order valence-electron chi connectivity index (χ1n) is 11.5. The highest BCUT2D eigenvalue weighted by atomic mass is 16.5. The zero-order valence-electron chi connectivity index (χ0n) is 18.6. The number of ether oxygens (including phenoxy) is 2. The number of benzene rings is 1. The molecule has 0 bridgehead atoms. The van der Waals surface area contributed by atoms with E-state index in [0.29, 0.717) is 30.3 Å². The maximum Gasteiger partial charge on any atom is 0.267 e. The Balaban J connectivity index is 1.33. The lowest BCUT2D eigenvalue weighted by Gasteiger charge is -2.27. The maximum atomic E-state index is 12.1. The zero-order valence-corrected chi connectivity index (χ0v) is 18.6. The molecule has 1 saturated heterocycles. The van der Waals surface area contributed by atoms with Gasteiger partial charge >= 0.3 is 0 Å². The van der Waals surface area contributed by atoms with Crippen LogP contribution in [0.15, 0.2) is 24.3 Å². The summed E-state index contributed by atoms with van der Waals surface area (Å²) in [6, 6.07) is 7.43. The molecule has 2 aliphatic rings. The van der Waals surface area contributed by atoms with Crippen molar-refractivity contribution in [1.29, 1.82) is 0 Å². The van der Waals surface area contributed by atoms with Gasteiger partial charge in [-0.15, -0.1) is 0 Å². The van der Waals surface area contributed by atoms with Crippen LogP contribution in [0.3, 0.4) is 0 Å². The van der Waals surface area contributed by atoms with Crippen LogP contribution in [-0.4, -0.2) is 48.1 Å². The summed E-state index contributed by atoms with van der Waals surface area (Å²) in [6.45, 7) is 1.48. The van der Waals surface area contributed by atoms with Gasteiger partial charge in [0.15, 0.2) is 0 Å². The van der Waals surface area contributed by atoms with Crippen molar-refractivity contribution in [2.75, 3.05) is 20.3 Å². The molecule has 4 rings (SSSR count). The predicted molar refractivity (Wildman–Crippen MR) is 120 cm³/mol. The molecular formula is C24H32N4O4. The van der Waals surface area contributed by atoms with Gasteiger partial charge in [-0.3, -0.25) is 9.59 Å². The molecule has 2 heterocycles. The van der Waals surface area contributed by atoms with Crippen LogP contribution in [0.1, 0.15) is 67.2 Å². The zero-order chi connectivity index (χ0) is 22.5. The normalized spacial score (nSPS) is 23.1. The van der Waals surface area contributed by atoms with Gasteiger partial charge in [-0.05, 0) is 68.7 Å². The number of carbonyl (C=O) groups is 2. The van der Waals surface area contributed by atoms with Crippen molar-refractivity contribution in [3.8, 4) is 17.0 Å². The van der Waals surface area contributed by atoms with Crippen molar-refractivity contribution in [2.24, 2.45) is 11.7 Å². The predicted octanol–water partition coefficient (Wildman–Crippen LogP) is 3.14. The standard InChI is InChI=1S/C24H32N4O4/c1-31-18-10-8-16(9-11-18)21-22(23(25)30)28-24(27-21)17-6-4-15(5-7-17)14-26-20(29)13-19-3-2-12-32-19/h8-11,15,17,19H,2-7,12-14H2,1H3,(H2,25,30)(H,26,29)(H,27,28)/t15?,17?,19-/m0/s1. The van der Waals surface area contributed by atoms with Crippen molar-refractivity contribution < 1.29 is 19.1 Å². The lowest BCUT2D eigenvalue weighted by Crippen LogP contribution is -2.33. The fraction of sp³-hybridized carbons (Fsp3) is 0.542. The highest BCUT2D eigenvalue weighted by molar-refractivity contribution is 5.97. The Hall–Kier alpha value is -2.87. The molecule has 2 fully saturated rings. The van der Waals surface area contributed by atoms with E-state index in [1.54, 1.807) is 7.11 Å². The van der Waals surface area contributed by atoms with Crippen LogP contribution >= 0.6 is 0 Å². The summed E-state index contributed by atoms with van der Waals surface area (Å²) in [7, 11) is 1.61. The Bertz CT molecular complexity index is 926. The van der Waals surface area contributed by atoms with Crippen molar-refractivity contribution >= 4 is 11.8 Å². The largest absolute Gasteiger partial charge is 0.497 e. The van der Waals surface area contributed by atoms with Crippen LogP contribution in [0.25, 0.3) is 11.3 Å². The summed E-state index contributed by atoms with van der Waals surface area (Å²) in [5, 5.41) is 3.08. The Kier molecular flexibility index (Phi) is 7.09. The number of methoxy groups -OCH3 is 1. The van der Waals surface area contributed by atoms with Gasteiger partial charge in [0.05, 0.1) is 19.6 Å². The third kappa shape index (κ3) is 5.30. The van der Waals surface area contributed by atoms with Crippen LogP contribution in [0.2, 0.25) is 0 Å². The minimum Gasteiger partial charge on any atom is -0.497 e. The van der Waals surface area contributed by atoms with Crippen LogP contribution in [0, 0.1) is 5.92 Å². The molecule has 2 aromatic rings. The molecule has 1 aliphatic heterocycles. The SMILES string of the molecule is COc1ccc(-c2nc(C3CCC(CNC(=O)C[C@@H]4CCCO4)CC3)[nH]c2C(N)=O)cc1. The molecule has 4 N–H and O–H groups in total. The Morgan fingerprint density at radius 3 is 2.56 bits per heavy atom. The molecule has 8 nitrogen and oxygen atoms in total. The van der Waals surface area contributed by atoms with E-state index in [1.165, 1.54) is 0 Å². The maximum absolute atomic E-state index is 12.1. The number of hydrogen-bond acceptors (Lipinski definition) is 5. The average molecular weight is 441 g/mol. The second kappa shape index (κ2) is 10.2. The number of carbonyl (C=O) groups excluding carboxylic acids is 2. The van der Waals surface area contributed by atoms with E-state index in [2.05, 4.69) is 10.3 Å². The number of nitrogens with one attached hydrogen (secondary N) is 2. The van der Waals surface area contributed by atoms with Gasteiger partial charge in [0.1, 0.15) is 23.0 Å². The minimum absolute atomic E-state index is 0.0836. The van der Waals surface area contributed by atoms with Gasteiger partial charge in [0.2, 0.25) is 5.91 Å². The van der Waals surface area contributed by atoms with Crippen LogP contribution in [0.5, 0.6) is 5.75 Å². The quantitative estimate of drug-likeness (QED) is 0.583. The molecule has 32 heavy (non-hydrogen) atoms. The van der Waals surface area contributed by atoms with Crippen LogP contribution in [0.4, 0.5) is 0 Å². The van der Waals surface area contributed by atoms with Crippen molar-refractivity contribution in [3.05, 3.63) is 35.8 Å². The second-order valence-electron chi connectivity index (χ2n) is 8.80. The van der Waals surface area contributed by atoms with E-state index >= 15 is 0 Å². The fourth-order valence-corrected chi connectivity index (χ4v) is 4.70. The number of amides is 2.